The maximum atomic E-state index is 5.77. The maximum Gasteiger partial charge on any atom is 0.0987 e. The molecule has 4 aromatic carbocycles. The van der Waals surface area contributed by atoms with Gasteiger partial charge in [0.05, 0.1) is 25.1 Å². The second kappa shape index (κ2) is 5.37. The van der Waals surface area contributed by atoms with Crippen LogP contribution in [0.5, 0.6) is 0 Å². The molecule has 0 saturated heterocycles. The van der Waals surface area contributed by atoms with Crippen molar-refractivity contribution in [2.45, 2.75) is 52.4 Å². The van der Waals surface area contributed by atoms with Crippen LogP contribution in [0.1, 0.15) is 52.7 Å². The Morgan fingerprint density at radius 1 is 0.433 bits per heavy atom. The van der Waals surface area contributed by atoms with E-state index in [2.05, 4.69) is 65.8 Å². The molecule has 30 heavy (non-hydrogen) atoms. The van der Waals surface area contributed by atoms with E-state index in [4.69, 9.17) is 8.83 Å². The second-order valence-electron chi connectivity index (χ2n) is 10.8. The fourth-order valence-electron chi connectivity index (χ4n) is 4.97. The topological polar surface area (TPSA) is 26.3 Å². The van der Waals surface area contributed by atoms with Gasteiger partial charge in [0.2, 0.25) is 0 Å². The fourth-order valence-corrected chi connectivity index (χ4v) is 4.97. The Hall–Kier alpha value is -3.00. The van der Waals surface area contributed by atoms with Gasteiger partial charge >= 0.3 is 0 Å². The van der Waals surface area contributed by atoms with Crippen molar-refractivity contribution in [2.75, 3.05) is 0 Å². The van der Waals surface area contributed by atoms with E-state index in [1.807, 2.05) is 25.1 Å². The van der Waals surface area contributed by atoms with Gasteiger partial charge in [-0.25, -0.2) is 0 Å². The molecule has 0 spiro atoms. The zero-order valence-corrected chi connectivity index (χ0v) is 18.4. The number of fused-ring (bicyclic) bond motifs is 6. The average Bonchev–Trinajstić information content (AvgIpc) is 3.35. The number of furan rings is 2. The molecule has 0 saturated carbocycles. The molecule has 6 rings (SSSR count). The Labute approximate surface area is 175 Å². The molecule has 0 amide bonds. The number of hydrogen-bond donors (Lipinski definition) is 0. The second-order valence-corrected chi connectivity index (χ2v) is 10.8. The standard InChI is InChI=1S/C28H26O2/c1-27(2,3)15-7-17-21-11-29-13-23(21)19-9-16(28(4,5)6)10-20-24-14-30-12-22(24)18(8-15)25(17)26(19)20/h7-14H,1-6H3. The highest BCUT2D eigenvalue weighted by molar-refractivity contribution is 6.40. The summed E-state index contributed by atoms with van der Waals surface area (Å²) < 4.78 is 11.5. The van der Waals surface area contributed by atoms with Crippen LogP contribution in [0.2, 0.25) is 0 Å². The van der Waals surface area contributed by atoms with Gasteiger partial charge in [-0.15, -0.1) is 0 Å². The summed E-state index contributed by atoms with van der Waals surface area (Å²) in [6, 6.07) is 9.45. The molecule has 0 N–H and O–H groups in total. The molecular weight excluding hydrogens is 368 g/mol. The van der Waals surface area contributed by atoms with Crippen molar-refractivity contribution >= 4 is 53.9 Å². The molecule has 6 aromatic rings. The summed E-state index contributed by atoms with van der Waals surface area (Å²) >= 11 is 0. The summed E-state index contributed by atoms with van der Waals surface area (Å²) in [6.45, 7) is 13.6. The molecule has 0 aliphatic carbocycles. The molecule has 2 heteroatoms. The predicted molar refractivity (Wildman–Crippen MR) is 127 cm³/mol. The summed E-state index contributed by atoms with van der Waals surface area (Å²) in [6.07, 6.45) is 7.65. The Balaban J connectivity index is 2.00. The molecule has 0 aliphatic heterocycles. The van der Waals surface area contributed by atoms with Gasteiger partial charge in [-0.05, 0) is 78.5 Å². The summed E-state index contributed by atoms with van der Waals surface area (Å²) in [5.41, 5.74) is 2.76. The molecule has 150 valence electrons. The summed E-state index contributed by atoms with van der Waals surface area (Å²) in [5.74, 6) is 0. The van der Waals surface area contributed by atoms with Crippen LogP contribution in [0.25, 0.3) is 53.9 Å². The lowest BCUT2D eigenvalue weighted by molar-refractivity contribution is 0.572. The van der Waals surface area contributed by atoms with E-state index in [0.29, 0.717) is 0 Å². The lowest BCUT2D eigenvalue weighted by Crippen LogP contribution is -2.12. The van der Waals surface area contributed by atoms with Crippen LogP contribution in [0.4, 0.5) is 0 Å². The average molecular weight is 395 g/mol. The molecule has 2 heterocycles. The molecule has 0 unspecified atom stereocenters. The van der Waals surface area contributed by atoms with Gasteiger partial charge in [0.15, 0.2) is 0 Å². The number of hydrogen-bond acceptors (Lipinski definition) is 2. The number of benzene rings is 4. The lowest BCUT2D eigenvalue weighted by Gasteiger charge is -2.24. The van der Waals surface area contributed by atoms with E-state index in [1.54, 1.807) is 0 Å². The van der Waals surface area contributed by atoms with E-state index >= 15 is 0 Å². The predicted octanol–water partition coefficient (Wildman–Crippen LogP) is 8.67. The van der Waals surface area contributed by atoms with Gasteiger partial charge in [0.25, 0.3) is 0 Å². The summed E-state index contributed by atoms with van der Waals surface area (Å²) in [5, 5.41) is 12.5. The van der Waals surface area contributed by atoms with Gasteiger partial charge in [-0.1, -0.05) is 41.5 Å². The molecule has 0 radical (unpaired) electrons. The monoisotopic (exact) mass is 394 g/mol. The van der Waals surface area contributed by atoms with Crippen LogP contribution in [0.15, 0.2) is 58.2 Å². The fraction of sp³-hybridized carbons (Fsp3) is 0.286. The first kappa shape index (κ1) is 17.8. The molecule has 0 bridgehead atoms. The van der Waals surface area contributed by atoms with Gasteiger partial charge in [0, 0.05) is 21.5 Å². The summed E-state index contributed by atoms with van der Waals surface area (Å²) in [4.78, 5) is 0. The SMILES string of the molecule is CC(C)(C)c1cc2c3cocc3c3cc(C(C)(C)C)cc4c5cocc5c(c1)c2c34. The van der Waals surface area contributed by atoms with E-state index in [1.165, 1.54) is 65.0 Å². The highest BCUT2D eigenvalue weighted by atomic mass is 16.3. The van der Waals surface area contributed by atoms with Crippen molar-refractivity contribution in [3.8, 4) is 0 Å². The van der Waals surface area contributed by atoms with Crippen molar-refractivity contribution in [3.05, 3.63) is 60.4 Å². The summed E-state index contributed by atoms with van der Waals surface area (Å²) in [7, 11) is 0. The van der Waals surface area contributed by atoms with Crippen molar-refractivity contribution in [2.24, 2.45) is 0 Å². The Morgan fingerprint density at radius 3 is 0.933 bits per heavy atom. The molecule has 0 aliphatic rings. The minimum atomic E-state index is 0.0516. The first-order valence-corrected chi connectivity index (χ1v) is 10.7. The highest BCUT2D eigenvalue weighted by Gasteiger charge is 2.24. The smallest absolute Gasteiger partial charge is 0.0987 e. The van der Waals surface area contributed by atoms with Crippen LogP contribution < -0.4 is 0 Å². The van der Waals surface area contributed by atoms with Crippen molar-refractivity contribution < 1.29 is 8.83 Å². The van der Waals surface area contributed by atoms with Crippen LogP contribution in [-0.2, 0) is 10.8 Å². The molecule has 2 nitrogen and oxygen atoms in total. The normalized spacial score (nSPS) is 13.7. The third-order valence-electron chi connectivity index (χ3n) is 6.74. The van der Waals surface area contributed by atoms with Crippen LogP contribution in [0.3, 0.4) is 0 Å². The number of rotatable bonds is 0. The third-order valence-corrected chi connectivity index (χ3v) is 6.74. The van der Waals surface area contributed by atoms with E-state index in [-0.39, 0.29) is 10.8 Å². The van der Waals surface area contributed by atoms with Crippen molar-refractivity contribution in [1.82, 2.24) is 0 Å². The van der Waals surface area contributed by atoms with E-state index < -0.39 is 0 Å². The minimum absolute atomic E-state index is 0.0516. The Kier molecular flexibility index (Phi) is 3.19. The zero-order chi connectivity index (χ0) is 21.0. The zero-order valence-electron chi connectivity index (χ0n) is 18.4. The van der Waals surface area contributed by atoms with E-state index in [0.717, 1.165) is 0 Å². The molecular formula is C28H26O2. The molecule has 0 fully saturated rings. The minimum Gasteiger partial charge on any atom is -0.471 e. The third kappa shape index (κ3) is 2.19. The highest BCUT2D eigenvalue weighted by Crippen LogP contribution is 2.48. The quantitative estimate of drug-likeness (QED) is 0.241. The van der Waals surface area contributed by atoms with Gasteiger partial charge in [-0.2, -0.15) is 0 Å². The van der Waals surface area contributed by atoms with Gasteiger partial charge in [0.1, 0.15) is 0 Å². The Bertz CT molecular complexity index is 1380. The molecule has 0 atom stereocenters. The lowest BCUT2D eigenvalue weighted by atomic mass is 9.79. The first-order chi connectivity index (χ1) is 14.1. The van der Waals surface area contributed by atoms with Crippen LogP contribution >= 0.6 is 0 Å². The van der Waals surface area contributed by atoms with Gasteiger partial charge in [-0.3, -0.25) is 0 Å². The van der Waals surface area contributed by atoms with Crippen LogP contribution in [-0.4, -0.2) is 0 Å². The van der Waals surface area contributed by atoms with Gasteiger partial charge < -0.3 is 8.83 Å². The largest absolute Gasteiger partial charge is 0.471 e. The first-order valence-electron chi connectivity index (χ1n) is 10.7. The van der Waals surface area contributed by atoms with E-state index in [9.17, 15) is 0 Å². The maximum absolute atomic E-state index is 5.77. The molecule has 2 aromatic heterocycles. The van der Waals surface area contributed by atoms with Crippen LogP contribution in [0, 0.1) is 0 Å². The van der Waals surface area contributed by atoms with Crippen molar-refractivity contribution in [3.63, 3.8) is 0 Å². The van der Waals surface area contributed by atoms with Crippen molar-refractivity contribution in [1.29, 1.82) is 0 Å². The Morgan fingerprint density at radius 2 is 0.700 bits per heavy atom.